The molecule has 1 heterocycles. The summed E-state index contributed by atoms with van der Waals surface area (Å²) in [5, 5.41) is 21.7. The van der Waals surface area contributed by atoms with Crippen molar-refractivity contribution in [2.24, 2.45) is 0 Å². The van der Waals surface area contributed by atoms with E-state index in [1.165, 1.54) is 13.1 Å². The van der Waals surface area contributed by atoms with Crippen molar-refractivity contribution >= 4 is 34.1 Å². The zero-order chi connectivity index (χ0) is 26.8. The molecule has 0 bridgehead atoms. The van der Waals surface area contributed by atoms with Crippen molar-refractivity contribution in [1.29, 1.82) is 0 Å². The van der Waals surface area contributed by atoms with Crippen LogP contribution in [0.15, 0.2) is 47.3 Å². The number of nitrogens with zero attached hydrogens (tertiary/aromatic N) is 1. The number of H-pyrrole nitrogens is 1. The van der Waals surface area contributed by atoms with Gasteiger partial charge in [-0.1, -0.05) is 37.5 Å². The molecule has 10 heteroatoms. The number of carbonyl (C=O) groups excluding carboxylic acids is 2. The maximum absolute atomic E-state index is 13.4. The number of carbonyl (C=O) groups is 2. The number of hydrogen-bond donors (Lipinski definition) is 4. The molecule has 0 spiro atoms. The summed E-state index contributed by atoms with van der Waals surface area (Å²) in [6.45, 7) is 0. The molecule has 2 saturated carbocycles. The van der Waals surface area contributed by atoms with E-state index >= 15 is 0 Å². The van der Waals surface area contributed by atoms with Crippen LogP contribution in [0.3, 0.4) is 0 Å². The molecule has 0 radical (unpaired) electrons. The van der Waals surface area contributed by atoms with E-state index < -0.39 is 10.8 Å². The summed E-state index contributed by atoms with van der Waals surface area (Å²) in [7, 11) is 1.50. The third-order valence-electron chi connectivity index (χ3n) is 7.79. The number of nitrogens with one attached hydrogen (secondary N) is 4. The first-order chi connectivity index (χ1) is 18.4. The molecule has 5 rings (SSSR count). The number of pyridine rings is 1. The first-order valence-electron chi connectivity index (χ1n) is 13.1. The Morgan fingerprint density at radius 1 is 0.947 bits per heavy atom. The summed E-state index contributed by atoms with van der Waals surface area (Å²) in [5.74, 6) is -0.563. The molecule has 2 fully saturated rings. The van der Waals surface area contributed by atoms with Gasteiger partial charge in [0, 0.05) is 42.2 Å². The van der Waals surface area contributed by atoms with E-state index in [0.717, 1.165) is 37.7 Å². The Balaban J connectivity index is 1.47. The summed E-state index contributed by atoms with van der Waals surface area (Å²) >= 11 is 0. The molecule has 0 unspecified atom stereocenters. The number of hydrogen-bond acceptors (Lipinski definition) is 6. The third kappa shape index (κ3) is 4.98. The highest BCUT2D eigenvalue weighted by Crippen LogP contribution is 2.41. The number of anilines is 1. The maximum Gasteiger partial charge on any atom is 0.293 e. The maximum atomic E-state index is 13.4. The van der Waals surface area contributed by atoms with Crippen LogP contribution in [0.25, 0.3) is 10.9 Å². The van der Waals surface area contributed by atoms with Gasteiger partial charge >= 0.3 is 0 Å². The fourth-order valence-electron chi connectivity index (χ4n) is 5.54. The second-order valence-corrected chi connectivity index (χ2v) is 10.1. The SMILES string of the molecule is CNC(=O)c1cc(C2CCC2)cc([N+](=O)[O-])c1N[C@@H]1CCCC[C@@H]1NC(=O)c1cc(=O)[nH]c2ccccc12. The quantitative estimate of drug-likeness (QED) is 0.273. The number of fused-ring (bicyclic) bond motifs is 1. The van der Waals surface area contributed by atoms with Gasteiger partial charge < -0.3 is 20.9 Å². The van der Waals surface area contributed by atoms with E-state index in [2.05, 4.69) is 20.9 Å². The molecule has 1 aromatic heterocycles. The first kappa shape index (κ1) is 25.4. The largest absolute Gasteiger partial charge is 0.374 e. The van der Waals surface area contributed by atoms with E-state index in [-0.39, 0.29) is 52.0 Å². The van der Waals surface area contributed by atoms with Gasteiger partial charge in [-0.05, 0) is 49.3 Å². The zero-order valence-corrected chi connectivity index (χ0v) is 21.2. The van der Waals surface area contributed by atoms with Crippen molar-refractivity contribution in [1.82, 2.24) is 15.6 Å². The minimum atomic E-state index is -0.449. The first-order valence-corrected chi connectivity index (χ1v) is 13.1. The predicted molar refractivity (Wildman–Crippen MR) is 145 cm³/mol. The van der Waals surface area contributed by atoms with Crippen molar-refractivity contribution in [3.05, 3.63) is 79.6 Å². The Labute approximate surface area is 219 Å². The molecule has 2 atom stereocenters. The number of amides is 2. The second kappa shape index (κ2) is 10.6. The smallest absolute Gasteiger partial charge is 0.293 e. The van der Waals surface area contributed by atoms with Gasteiger partial charge in [0.1, 0.15) is 5.69 Å². The molecule has 10 nitrogen and oxygen atoms in total. The van der Waals surface area contributed by atoms with Gasteiger partial charge in [0.15, 0.2) is 0 Å². The van der Waals surface area contributed by atoms with Crippen LogP contribution >= 0.6 is 0 Å². The summed E-state index contributed by atoms with van der Waals surface area (Å²) in [4.78, 5) is 52.8. The van der Waals surface area contributed by atoms with E-state index in [4.69, 9.17) is 0 Å². The Kier molecular flexibility index (Phi) is 7.13. The van der Waals surface area contributed by atoms with Crippen molar-refractivity contribution in [2.45, 2.75) is 62.9 Å². The molecule has 4 N–H and O–H groups in total. The minimum absolute atomic E-state index is 0.135. The number of aromatic nitrogens is 1. The van der Waals surface area contributed by atoms with Crippen molar-refractivity contribution < 1.29 is 14.5 Å². The van der Waals surface area contributed by atoms with Crippen molar-refractivity contribution in [2.75, 3.05) is 12.4 Å². The van der Waals surface area contributed by atoms with Crippen LogP contribution in [0.4, 0.5) is 11.4 Å². The van der Waals surface area contributed by atoms with E-state index in [9.17, 15) is 24.5 Å². The normalized spacial score (nSPS) is 19.4. The topological polar surface area (TPSA) is 146 Å². The fraction of sp³-hybridized carbons (Fsp3) is 0.393. The average molecular weight is 518 g/mol. The molecule has 198 valence electrons. The minimum Gasteiger partial charge on any atom is -0.374 e. The van der Waals surface area contributed by atoms with Crippen LogP contribution in [-0.4, -0.2) is 40.9 Å². The van der Waals surface area contributed by atoms with Gasteiger partial charge in [-0.15, -0.1) is 0 Å². The van der Waals surface area contributed by atoms with Gasteiger partial charge in [-0.25, -0.2) is 0 Å². The number of nitro groups is 1. The molecule has 2 aromatic carbocycles. The number of aromatic amines is 1. The Bertz CT molecular complexity index is 1460. The molecule has 3 aromatic rings. The fourth-order valence-corrected chi connectivity index (χ4v) is 5.54. The lowest BCUT2D eigenvalue weighted by Crippen LogP contribution is -2.49. The highest BCUT2D eigenvalue weighted by molar-refractivity contribution is 6.06. The zero-order valence-electron chi connectivity index (χ0n) is 21.2. The van der Waals surface area contributed by atoms with Gasteiger partial charge in [-0.3, -0.25) is 24.5 Å². The molecular formula is C28H31N5O5. The molecule has 0 saturated heterocycles. The number of nitro benzene ring substituents is 1. The summed E-state index contributed by atoms with van der Waals surface area (Å²) in [6.07, 6.45) is 6.05. The lowest BCUT2D eigenvalue weighted by Gasteiger charge is -2.34. The standard InChI is InChI=1S/C28H31N5O5/c1-29-27(35)20-13-17(16-7-6-8-16)14-24(33(37)38)26(20)31-22-11-4-5-12-23(22)32-28(36)19-15-25(34)30-21-10-3-2-9-18(19)21/h2-3,9-10,13-16,22-23,31H,4-8,11-12H2,1H3,(H,29,35)(H,30,34)(H,32,36)/t22-,23+/m1/s1. The number of rotatable bonds is 7. The lowest BCUT2D eigenvalue weighted by atomic mass is 9.79. The molecule has 2 aliphatic rings. The van der Waals surface area contributed by atoms with Crippen molar-refractivity contribution in [3.8, 4) is 0 Å². The van der Waals surface area contributed by atoms with Crippen LogP contribution in [0.5, 0.6) is 0 Å². The Hall–Kier alpha value is -4.21. The Morgan fingerprint density at radius 3 is 2.37 bits per heavy atom. The van der Waals surface area contributed by atoms with Gasteiger partial charge in [-0.2, -0.15) is 0 Å². The van der Waals surface area contributed by atoms with Crippen LogP contribution in [0.2, 0.25) is 0 Å². The van der Waals surface area contributed by atoms with Gasteiger partial charge in [0.2, 0.25) is 5.56 Å². The van der Waals surface area contributed by atoms with Crippen LogP contribution in [-0.2, 0) is 0 Å². The Morgan fingerprint density at radius 2 is 1.68 bits per heavy atom. The van der Waals surface area contributed by atoms with Crippen LogP contribution < -0.4 is 21.5 Å². The van der Waals surface area contributed by atoms with E-state index in [0.29, 0.717) is 23.7 Å². The number of benzene rings is 2. The van der Waals surface area contributed by atoms with Crippen LogP contribution in [0, 0.1) is 10.1 Å². The van der Waals surface area contributed by atoms with E-state index in [1.807, 2.05) is 0 Å². The van der Waals surface area contributed by atoms with Gasteiger partial charge in [0.25, 0.3) is 17.5 Å². The van der Waals surface area contributed by atoms with E-state index in [1.54, 1.807) is 36.4 Å². The summed E-state index contributed by atoms with van der Waals surface area (Å²) < 4.78 is 0. The van der Waals surface area contributed by atoms with Crippen LogP contribution in [0.1, 0.15) is 77.1 Å². The third-order valence-corrected chi connectivity index (χ3v) is 7.79. The highest BCUT2D eigenvalue weighted by Gasteiger charge is 2.33. The highest BCUT2D eigenvalue weighted by atomic mass is 16.6. The predicted octanol–water partition coefficient (Wildman–Crippen LogP) is 4.22. The molecule has 0 aliphatic heterocycles. The van der Waals surface area contributed by atoms with Gasteiger partial charge in [0.05, 0.1) is 16.1 Å². The monoisotopic (exact) mass is 517 g/mol. The average Bonchev–Trinajstić information content (AvgIpc) is 2.88. The molecular weight excluding hydrogens is 486 g/mol. The second-order valence-electron chi connectivity index (χ2n) is 10.1. The summed E-state index contributed by atoms with van der Waals surface area (Å²) in [6, 6.07) is 11.1. The molecule has 38 heavy (non-hydrogen) atoms. The van der Waals surface area contributed by atoms with Crippen molar-refractivity contribution in [3.63, 3.8) is 0 Å². The number of para-hydroxylation sites is 1. The lowest BCUT2D eigenvalue weighted by molar-refractivity contribution is -0.384. The summed E-state index contributed by atoms with van der Waals surface area (Å²) in [5.41, 5.74) is 1.55. The molecule has 2 amide bonds. The molecule has 2 aliphatic carbocycles.